The van der Waals surface area contributed by atoms with Crippen LogP contribution in [0.5, 0.6) is 0 Å². The third-order valence-electron chi connectivity index (χ3n) is 3.71. The van der Waals surface area contributed by atoms with Gasteiger partial charge in [0, 0.05) is 17.8 Å². The lowest BCUT2D eigenvalue weighted by molar-refractivity contribution is 0.161. The second-order valence-corrected chi connectivity index (χ2v) is 5.23. The number of nitrogens with one attached hydrogen (secondary N) is 1. The highest BCUT2D eigenvalue weighted by molar-refractivity contribution is 5.24. The maximum Gasteiger partial charge on any atom is 0.0628 e. The van der Waals surface area contributed by atoms with E-state index in [4.69, 9.17) is 0 Å². The molecular formula is C14H27N3O. The number of aromatic nitrogens is 2. The van der Waals surface area contributed by atoms with Crippen LogP contribution < -0.4 is 5.32 Å². The average molecular weight is 253 g/mol. The lowest BCUT2D eigenvalue weighted by Crippen LogP contribution is -2.46. The summed E-state index contributed by atoms with van der Waals surface area (Å²) < 4.78 is 2.07. The summed E-state index contributed by atoms with van der Waals surface area (Å²) >= 11 is 0. The summed E-state index contributed by atoms with van der Waals surface area (Å²) in [5.41, 5.74) is 3.52. The number of aliphatic hydroxyl groups is 1. The highest BCUT2D eigenvalue weighted by Gasteiger charge is 2.22. The largest absolute Gasteiger partial charge is 0.394 e. The minimum absolute atomic E-state index is 0.154. The lowest BCUT2D eigenvalue weighted by atomic mass is 9.99. The zero-order chi connectivity index (χ0) is 13.8. The SMILES string of the molecule is CCNC(C)(CO)CCn1nc(C)c(CC)c1C. The molecule has 1 rings (SSSR count). The fourth-order valence-electron chi connectivity index (χ4n) is 2.47. The summed E-state index contributed by atoms with van der Waals surface area (Å²) in [6.07, 6.45) is 1.91. The molecule has 4 nitrogen and oxygen atoms in total. The molecule has 18 heavy (non-hydrogen) atoms. The number of nitrogens with zero attached hydrogens (tertiary/aromatic N) is 2. The van der Waals surface area contributed by atoms with Gasteiger partial charge in [0.05, 0.1) is 12.3 Å². The normalized spacial score (nSPS) is 14.8. The molecular weight excluding hydrogens is 226 g/mol. The molecule has 0 saturated heterocycles. The Morgan fingerprint density at radius 1 is 1.33 bits per heavy atom. The average Bonchev–Trinajstić information content (AvgIpc) is 2.62. The van der Waals surface area contributed by atoms with Gasteiger partial charge in [0.1, 0.15) is 0 Å². The van der Waals surface area contributed by atoms with Crippen LogP contribution in [-0.2, 0) is 13.0 Å². The van der Waals surface area contributed by atoms with Crippen molar-refractivity contribution in [2.75, 3.05) is 13.2 Å². The maximum atomic E-state index is 9.48. The second kappa shape index (κ2) is 6.34. The van der Waals surface area contributed by atoms with Crippen molar-refractivity contribution in [3.8, 4) is 0 Å². The number of likely N-dealkylation sites (N-methyl/N-ethyl adjacent to an activating group) is 1. The van der Waals surface area contributed by atoms with Crippen molar-refractivity contribution in [1.82, 2.24) is 15.1 Å². The second-order valence-electron chi connectivity index (χ2n) is 5.23. The number of aryl methyl sites for hydroxylation is 2. The van der Waals surface area contributed by atoms with Crippen LogP contribution in [-0.4, -0.2) is 33.6 Å². The van der Waals surface area contributed by atoms with Crippen LogP contribution in [0.25, 0.3) is 0 Å². The Balaban J connectivity index is 2.74. The van der Waals surface area contributed by atoms with E-state index < -0.39 is 0 Å². The summed E-state index contributed by atoms with van der Waals surface area (Å²) in [7, 11) is 0. The molecule has 0 aliphatic heterocycles. The summed E-state index contributed by atoms with van der Waals surface area (Å²) in [6, 6.07) is 0. The minimum Gasteiger partial charge on any atom is -0.394 e. The van der Waals surface area contributed by atoms with Crippen molar-refractivity contribution < 1.29 is 5.11 Å². The van der Waals surface area contributed by atoms with E-state index in [1.165, 1.54) is 11.3 Å². The lowest BCUT2D eigenvalue weighted by Gasteiger charge is -2.28. The predicted molar refractivity (Wildman–Crippen MR) is 74.9 cm³/mol. The van der Waals surface area contributed by atoms with Gasteiger partial charge in [-0.15, -0.1) is 0 Å². The van der Waals surface area contributed by atoms with Gasteiger partial charge in [-0.1, -0.05) is 13.8 Å². The first-order valence-electron chi connectivity index (χ1n) is 6.86. The van der Waals surface area contributed by atoms with Gasteiger partial charge in [0.25, 0.3) is 0 Å². The first-order valence-corrected chi connectivity index (χ1v) is 6.86. The van der Waals surface area contributed by atoms with Gasteiger partial charge >= 0.3 is 0 Å². The summed E-state index contributed by atoms with van der Waals surface area (Å²) in [5, 5.41) is 17.4. The van der Waals surface area contributed by atoms with Crippen LogP contribution in [0.4, 0.5) is 0 Å². The zero-order valence-electron chi connectivity index (χ0n) is 12.4. The molecule has 1 aromatic heterocycles. The molecule has 4 heteroatoms. The van der Waals surface area contributed by atoms with Gasteiger partial charge in [0.2, 0.25) is 0 Å². The first kappa shape index (κ1) is 15.2. The molecule has 0 saturated carbocycles. The van der Waals surface area contributed by atoms with Crippen molar-refractivity contribution in [3.63, 3.8) is 0 Å². The Kier molecular flexibility index (Phi) is 5.35. The van der Waals surface area contributed by atoms with Crippen LogP contribution in [0.1, 0.15) is 44.1 Å². The zero-order valence-corrected chi connectivity index (χ0v) is 12.4. The molecule has 0 bridgehead atoms. The van der Waals surface area contributed by atoms with E-state index >= 15 is 0 Å². The molecule has 0 aromatic carbocycles. The summed E-state index contributed by atoms with van der Waals surface area (Å²) in [4.78, 5) is 0. The number of hydrogen-bond donors (Lipinski definition) is 2. The summed E-state index contributed by atoms with van der Waals surface area (Å²) in [6.45, 7) is 12.3. The molecule has 1 atom stereocenters. The molecule has 0 fully saturated rings. The van der Waals surface area contributed by atoms with Crippen LogP contribution in [0.2, 0.25) is 0 Å². The van der Waals surface area contributed by atoms with Crippen molar-refractivity contribution in [1.29, 1.82) is 0 Å². The molecule has 0 spiro atoms. The van der Waals surface area contributed by atoms with Crippen LogP contribution in [0, 0.1) is 13.8 Å². The van der Waals surface area contributed by atoms with Crippen molar-refractivity contribution in [2.45, 2.75) is 59.5 Å². The van der Waals surface area contributed by atoms with Gasteiger partial charge in [0.15, 0.2) is 0 Å². The number of aliphatic hydroxyl groups excluding tert-OH is 1. The van der Waals surface area contributed by atoms with Crippen LogP contribution in [0.15, 0.2) is 0 Å². The minimum atomic E-state index is -0.215. The molecule has 0 aliphatic rings. The smallest absolute Gasteiger partial charge is 0.0628 e. The Morgan fingerprint density at radius 2 is 2.00 bits per heavy atom. The molecule has 1 aromatic rings. The van der Waals surface area contributed by atoms with Gasteiger partial charge in [-0.3, -0.25) is 4.68 Å². The standard InChI is InChI=1S/C14H27N3O/c1-6-13-11(3)16-17(12(13)4)9-8-14(5,10-18)15-7-2/h15,18H,6-10H2,1-5H3. The topological polar surface area (TPSA) is 50.1 Å². The van der Waals surface area contributed by atoms with E-state index in [1.807, 2.05) is 0 Å². The maximum absolute atomic E-state index is 9.48. The fourth-order valence-corrected chi connectivity index (χ4v) is 2.47. The highest BCUT2D eigenvalue weighted by atomic mass is 16.3. The Hall–Kier alpha value is -0.870. The van der Waals surface area contributed by atoms with Crippen molar-refractivity contribution in [2.24, 2.45) is 0 Å². The van der Waals surface area contributed by atoms with E-state index in [-0.39, 0.29) is 12.1 Å². The number of hydrogen-bond acceptors (Lipinski definition) is 3. The third-order valence-corrected chi connectivity index (χ3v) is 3.71. The summed E-state index contributed by atoms with van der Waals surface area (Å²) in [5.74, 6) is 0. The Labute approximate surface area is 110 Å². The van der Waals surface area contributed by atoms with Crippen LogP contribution >= 0.6 is 0 Å². The van der Waals surface area contributed by atoms with E-state index in [0.29, 0.717) is 0 Å². The third kappa shape index (κ3) is 3.33. The number of rotatable bonds is 7. The van der Waals surface area contributed by atoms with E-state index in [1.54, 1.807) is 0 Å². The molecule has 2 N–H and O–H groups in total. The van der Waals surface area contributed by atoms with Crippen molar-refractivity contribution in [3.05, 3.63) is 17.0 Å². The van der Waals surface area contributed by atoms with E-state index in [0.717, 1.165) is 31.6 Å². The Bertz CT molecular complexity index is 387. The molecule has 0 aliphatic carbocycles. The molecule has 1 unspecified atom stereocenters. The highest BCUT2D eigenvalue weighted by Crippen LogP contribution is 2.16. The molecule has 104 valence electrons. The predicted octanol–water partition coefficient (Wildman–Crippen LogP) is 1.81. The van der Waals surface area contributed by atoms with E-state index in [9.17, 15) is 5.11 Å². The molecule has 0 radical (unpaired) electrons. The monoisotopic (exact) mass is 253 g/mol. The Morgan fingerprint density at radius 3 is 2.44 bits per heavy atom. The van der Waals surface area contributed by atoms with E-state index in [2.05, 4.69) is 49.7 Å². The quantitative estimate of drug-likeness (QED) is 0.779. The molecule has 1 heterocycles. The van der Waals surface area contributed by atoms with Crippen LogP contribution in [0.3, 0.4) is 0 Å². The fraction of sp³-hybridized carbons (Fsp3) is 0.786. The van der Waals surface area contributed by atoms with Gasteiger partial charge in [-0.2, -0.15) is 5.10 Å². The van der Waals surface area contributed by atoms with Gasteiger partial charge in [-0.25, -0.2) is 0 Å². The first-order chi connectivity index (χ1) is 8.47. The van der Waals surface area contributed by atoms with Gasteiger partial charge < -0.3 is 10.4 Å². The van der Waals surface area contributed by atoms with Gasteiger partial charge in [-0.05, 0) is 45.7 Å². The molecule has 0 amide bonds. The van der Waals surface area contributed by atoms with Crippen molar-refractivity contribution >= 4 is 0 Å².